The van der Waals surface area contributed by atoms with Crippen LogP contribution in [0, 0.1) is 17.7 Å². The van der Waals surface area contributed by atoms with Crippen molar-refractivity contribution in [1.29, 1.82) is 0 Å². The highest BCUT2D eigenvalue weighted by molar-refractivity contribution is 5.67. The molecule has 2 aliphatic heterocycles. The summed E-state index contributed by atoms with van der Waals surface area (Å²) >= 11 is 0. The van der Waals surface area contributed by atoms with Crippen molar-refractivity contribution in [3.05, 3.63) is 35.6 Å². The Morgan fingerprint density at radius 3 is 2.78 bits per heavy atom. The maximum absolute atomic E-state index is 14.1. The van der Waals surface area contributed by atoms with Crippen LogP contribution in [0.2, 0.25) is 0 Å². The number of piperidine rings is 2. The van der Waals surface area contributed by atoms with Gasteiger partial charge in [-0.3, -0.25) is 4.90 Å². The maximum Gasteiger partial charge on any atom is 0.407 e. The van der Waals surface area contributed by atoms with Crippen LogP contribution in [0.4, 0.5) is 9.18 Å². The summed E-state index contributed by atoms with van der Waals surface area (Å²) < 4.78 is 19.3. The molecule has 0 spiro atoms. The molecule has 5 heteroatoms. The third kappa shape index (κ3) is 5.68. The van der Waals surface area contributed by atoms with Gasteiger partial charge in [-0.05, 0) is 76.3 Å². The summed E-state index contributed by atoms with van der Waals surface area (Å²) in [5.41, 5.74) is 0.386. The lowest BCUT2D eigenvalue weighted by Gasteiger charge is -2.50. The number of hydrogen-bond donors (Lipinski definition) is 1. The fraction of sp³-hybridized carbons (Fsp3) is 0.682. The van der Waals surface area contributed by atoms with E-state index in [0.29, 0.717) is 18.5 Å². The van der Waals surface area contributed by atoms with Crippen LogP contribution in [0.5, 0.6) is 0 Å². The van der Waals surface area contributed by atoms with Gasteiger partial charge in [0.05, 0.1) is 0 Å². The summed E-state index contributed by atoms with van der Waals surface area (Å²) in [4.78, 5) is 14.3. The molecule has 1 aliphatic carbocycles. The van der Waals surface area contributed by atoms with Gasteiger partial charge in [0.2, 0.25) is 0 Å². The van der Waals surface area contributed by atoms with Crippen molar-refractivity contribution in [3.8, 4) is 0 Å². The third-order valence-electron chi connectivity index (χ3n) is 5.74. The lowest BCUT2D eigenvalue weighted by atomic mass is 9.70. The van der Waals surface area contributed by atoms with E-state index < -0.39 is 5.60 Å². The summed E-state index contributed by atoms with van der Waals surface area (Å²) in [5.74, 6) is 1.19. The highest BCUT2D eigenvalue weighted by Gasteiger charge is 2.40. The molecule has 1 aromatic carbocycles. The Bertz CT molecular complexity index is 643. The highest BCUT2D eigenvalue weighted by atomic mass is 19.1. The van der Waals surface area contributed by atoms with Crippen LogP contribution in [0.25, 0.3) is 0 Å². The number of carbonyl (C=O) groups excluding carboxylic acids is 1. The molecule has 1 saturated carbocycles. The average molecular weight is 377 g/mol. The molecule has 0 aromatic heterocycles. The molecular formula is C22H33FN2O2. The Balaban J connectivity index is 1.47. The fourth-order valence-corrected chi connectivity index (χ4v) is 4.67. The number of nitrogens with zero attached hydrogens (tertiary/aromatic N) is 1. The molecular weight excluding hydrogens is 343 g/mol. The van der Waals surface area contributed by atoms with E-state index in [1.54, 1.807) is 12.1 Å². The SMILES string of the molecule is CC(C)(C)OC(=O)NCCCN1C[C@H]2CC[C@@H]1[C@@H](Cc1ccccc1F)C2. The van der Waals surface area contributed by atoms with Crippen LogP contribution < -0.4 is 5.32 Å². The number of halogens is 1. The molecule has 3 fully saturated rings. The minimum Gasteiger partial charge on any atom is -0.444 e. The lowest BCUT2D eigenvalue weighted by molar-refractivity contribution is 0.000340. The van der Waals surface area contributed by atoms with Gasteiger partial charge >= 0.3 is 6.09 Å². The Labute approximate surface area is 162 Å². The van der Waals surface area contributed by atoms with Crippen molar-refractivity contribution in [2.24, 2.45) is 11.8 Å². The van der Waals surface area contributed by atoms with Crippen molar-refractivity contribution in [1.82, 2.24) is 10.2 Å². The van der Waals surface area contributed by atoms with Crippen molar-refractivity contribution >= 4 is 6.09 Å². The van der Waals surface area contributed by atoms with Crippen molar-refractivity contribution < 1.29 is 13.9 Å². The standard InChI is InChI=1S/C22H33FN2O2/c1-22(2,3)27-21(26)24-11-6-12-25-15-16-9-10-20(25)18(13-16)14-17-7-4-5-8-19(17)23/h4-5,7-8,16,18,20H,6,9-15H2,1-3H3,(H,24,26)/t16-,18+,20+/m0/s1. The van der Waals surface area contributed by atoms with Gasteiger partial charge in [0, 0.05) is 25.7 Å². The minimum absolute atomic E-state index is 0.0768. The second-order valence-electron chi connectivity index (χ2n) is 9.08. The van der Waals surface area contributed by atoms with E-state index in [9.17, 15) is 9.18 Å². The van der Waals surface area contributed by atoms with Crippen molar-refractivity contribution in [2.45, 2.75) is 64.5 Å². The fourth-order valence-electron chi connectivity index (χ4n) is 4.67. The van der Waals surface area contributed by atoms with E-state index in [-0.39, 0.29) is 11.9 Å². The summed E-state index contributed by atoms with van der Waals surface area (Å²) in [6.07, 6.45) is 5.12. The topological polar surface area (TPSA) is 41.6 Å². The maximum atomic E-state index is 14.1. The van der Waals surface area contributed by atoms with E-state index in [1.165, 1.54) is 19.3 Å². The van der Waals surface area contributed by atoms with Crippen LogP contribution in [0.15, 0.2) is 24.3 Å². The average Bonchev–Trinajstić information content (AvgIpc) is 2.60. The molecule has 0 radical (unpaired) electrons. The van der Waals surface area contributed by atoms with Gasteiger partial charge in [0.1, 0.15) is 11.4 Å². The predicted molar refractivity (Wildman–Crippen MR) is 105 cm³/mol. The molecule has 4 nitrogen and oxygen atoms in total. The number of alkyl carbamates (subject to hydrolysis) is 1. The van der Waals surface area contributed by atoms with Crippen LogP contribution >= 0.6 is 0 Å². The van der Waals surface area contributed by atoms with Crippen LogP contribution in [-0.4, -0.2) is 42.3 Å². The minimum atomic E-state index is -0.462. The molecule has 2 heterocycles. The first-order valence-corrected chi connectivity index (χ1v) is 10.3. The number of nitrogens with one attached hydrogen (secondary N) is 1. The first-order chi connectivity index (χ1) is 12.8. The van der Waals surface area contributed by atoms with Gasteiger partial charge in [0.25, 0.3) is 0 Å². The van der Waals surface area contributed by atoms with Gasteiger partial charge < -0.3 is 10.1 Å². The number of amides is 1. The molecule has 150 valence electrons. The third-order valence-corrected chi connectivity index (χ3v) is 5.74. The summed E-state index contributed by atoms with van der Waals surface area (Å²) in [6, 6.07) is 7.72. The summed E-state index contributed by atoms with van der Waals surface area (Å²) in [6.45, 7) is 8.35. The number of benzene rings is 1. The monoisotopic (exact) mass is 376 g/mol. The molecule has 2 bridgehead atoms. The Morgan fingerprint density at radius 1 is 1.30 bits per heavy atom. The van der Waals surface area contributed by atoms with Gasteiger partial charge in [-0.2, -0.15) is 0 Å². The smallest absolute Gasteiger partial charge is 0.407 e. The molecule has 27 heavy (non-hydrogen) atoms. The number of carbonyl (C=O) groups is 1. The Morgan fingerprint density at radius 2 is 2.07 bits per heavy atom. The van der Waals surface area contributed by atoms with Gasteiger partial charge in [-0.25, -0.2) is 9.18 Å². The number of rotatable bonds is 6. The second-order valence-corrected chi connectivity index (χ2v) is 9.08. The Kier molecular flexibility index (Phi) is 6.40. The van der Waals surface area contributed by atoms with Crippen LogP contribution in [0.1, 0.15) is 52.0 Å². The van der Waals surface area contributed by atoms with E-state index in [4.69, 9.17) is 4.74 Å². The zero-order valence-corrected chi connectivity index (χ0v) is 16.8. The van der Waals surface area contributed by atoms with Crippen molar-refractivity contribution in [2.75, 3.05) is 19.6 Å². The molecule has 1 aromatic rings. The normalized spacial score (nSPS) is 25.4. The lowest BCUT2D eigenvalue weighted by Crippen LogP contribution is -2.54. The number of hydrogen-bond acceptors (Lipinski definition) is 3. The number of fused-ring (bicyclic) bond motifs is 3. The molecule has 1 amide bonds. The summed E-state index contributed by atoms with van der Waals surface area (Å²) in [7, 11) is 0. The largest absolute Gasteiger partial charge is 0.444 e. The summed E-state index contributed by atoms with van der Waals surface area (Å²) in [5, 5.41) is 2.84. The van der Waals surface area contributed by atoms with E-state index in [2.05, 4.69) is 10.2 Å². The van der Waals surface area contributed by atoms with Gasteiger partial charge in [-0.15, -0.1) is 0 Å². The zero-order valence-electron chi connectivity index (χ0n) is 16.8. The van der Waals surface area contributed by atoms with E-state index >= 15 is 0 Å². The molecule has 1 N–H and O–H groups in total. The molecule has 3 aliphatic rings. The highest BCUT2D eigenvalue weighted by Crippen LogP contribution is 2.40. The van der Waals surface area contributed by atoms with E-state index in [0.717, 1.165) is 37.4 Å². The quantitative estimate of drug-likeness (QED) is 0.749. The molecule has 4 rings (SSSR count). The molecule has 0 unspecified atom stereocenters. The first kappa shape index (κ1) is 20.1. The molecule has 2 saturated heterocycles. The van der Waals surface area contributed by atoms with Gasteiger partial charge in [-0.1, -0.05) is 18.2 Å². The second kappa shape index (κ2) is 8.59. The van der Waals surface area contributed by atoms with Crippen molar-refractivity contribution in [3.63, 3.8) is 0 Å². The first-order valence-electron chi connectivity index (χ1n) is 10.3. The Hall–Kier alpha value is -1.62. The zero-order chi connectivity index (χ0) is 19.4. The van der Waals surface area contributed by atoms with Gasteiger partial charge in [0.15, 0.2) is 0 Å². The number of ether oxygens (including phenoxy) is 1. The van der Waals surface area contributed by atoms with E-state index in [1.807, 2.05) is 32.9 Å². The van der Waals surface area contributed by atoms with Crippen LogP contribution in [0.3, 0.4) is 0 Å². The molecule has 3 atom stereocenters. The van der Waals surface area contributed by atoms with Crippen LogP contribution in [-0.2, 0) is 11.2 Å². The predicted octanol–water partition coefficient (Wildman–Crippen LogP) is 4.38.